The maximum atomic E-state index is 10.7. The summed E-state index contributed by atoms with van der Waals surface area (Å²) < 4.78 is 0. The molecule has 6 heteroatoms. The van der Waals surface area contributed by atoms with E-state index in [4.69, 9.17) is 5.11 Å². The Labute approximate surface area is 138 Å². The molecule has 2 N–H and O–H groups in total. The van der Waals surface area contributed by atoms with Crippen molar-refractivity contribution in [3.05, 3.63) is 63.5 Å². The maximum Gasteiger partial charge on any atom is 0.269 e. The third-order valence-electron chi connectivity index (χ3n) is 3.97. The molecule has 2 aromatic rings. The second-order valence-electron chi connectivity index (χ2n) is 5.62. The molecular formula is C17H18N2O3S. The largest absolute Gasteiger partial charge is 0.396 e. The molecule has 3 rings (SSSR count). The molecular weight excluding hydrogens is 312 g/mol. The number of nitro groups is 1. The van der Waals surface area contributed by atoms with Gasteiger partial charge in [0.2, 0.25) is 0 Å². The van der Waals surface area contributed by atoms with Crippen LogP contribution < -0.4 is 5.32 Å². The number of nitrogens with one attached hydrogen (secondary N) is 1. The summed E-state index contributed by atoms with van der Waals surface area (Å²) in [7, 11) is 0. The van der Waals surface area contributed by atoms with Gasteiger partial charge < -0.3 is 10.4 Å². The SMILES string of the molecule is O=[N+]([O-])c1ccc(-c2ccc(CN[C@@H]3C=C[C@H](CO)C3)s2)cc1. The van der Waals surface area contributed by atoms with Crippen molar-refractivity contribution in [2.24, 2.45) is 5.92 Å². The predicted octanol–water partition coefficient (Wildman–Crippen LogP) is 3.35. The van der Waals surface area contributed by atoms with Crippen LogP contribution in [0.3, 0.4) is 0 Å². The van der Waals surface area contributed by atoms with Crippen molar-refractivity contribution in [2.45, 2.75) is 19.0 Å². The fourth-order valence-electron chi connectivity index (χ4n) is 2.67. The maximum absolute atomic E-state index is 10.7. The topological polar surface area (TPSA) is 75.4 Å². The first-order valence-corrected chi connectivity index (χ1v) is 8.33. The molecule has 0 fully saturated rings. The number of hydrogen-bond acceptors (Lipinski definition) is 5. The Bertz CT molecular complexity index is 709. The molecule has 0 bridgehead atoms. The minimum Gasteiger partial charge on any atom is -0.396 e. The lowest BCUT2D eigenvalue weighted by Gasteiger charge is -2.11. The van der Waals surface area contributed by atoms with Crippen molar-refractivity contribution < 1.29 is 10.0 Å². The van der Waals surface area contributed by atoms with Crippen LogP contribution in [0.4, 0.5) is 5.69 Å². The Morgan fingerprint density at radius 1 is 1.22 bits per heavy atom. The highest BCUT2D eigenvalue weighted by molar-refractivity contribution is 7.15. The van der Waals surface area contributed by atoms with Gasteiger partial charge in [0, 0.05) is 47.0 Å². The number of nitro benzene ring substituents is 1. The summed E-state index contributed by atoms with van der Waals surface area (Å²) in [5.41, 5.74) is 1.10. The lowest BCUT2D eigenvalue weighted by atomic mass is 10.1. The summed E-state index contributed by atoms with van der Waals surface area (Å²) in [4.78, 5) is 12.6. The minimum absolute atomic E-state index is 0.110. The third-order valence-corrected chi connectivity index (χ3v) is 5.10. The van der Waals surface area contributed by atoms with Gasteiger partial charge >= 0.3 is 0 Å². The van der Waals surface area contributed by atoms with Crippen molar-refractivity contribution in [1.82, 2.24) is 5.32 Å². The first kappa shape index (κ1) is 15.9. The highest BCUT2D eigenvalue weighted by Gasteiger charge is 2.17. The number of thiophene rings is 1. The van der Waals surface area contributed by atoms with Gasteiger partial charge in [-0.15, -0.1) is 11.3 Å². The zero-order chi connectivity index (χ0) is 16.2. The Hall–Kier alpha value is -2.02. The molecule has 0 radical (unpaired) electrons. The van der Waals surface area contributed by atoms with E-state index >= 15 is 0 Å². The highest BCUT2D eigenvalue weighted by Crippen LogP contribution is 2.29. The molecule has 1 aromatic carbocycles. The number of aliphatic hydroxyl groups is 1. The van der Waals surface area contributed by atoms with Crippen LogP contribution >= 0.6 is 11.3 Å². The van der Waals surface area contributed by atoms with Gasteiger partial charge in [-0.3, -0.25) is 10.1 Å². The molecule has 2 atom stereocenters. The molecule has 1 aliphatic rings. The minimum atomic E-state index is -0.387. The van der Waals surface area contributed by atoms with Gasteiger partial charge in [0.1, 0.15) is 0 Å². The van der Waals surface area contributed by atoms with Crippen LogP contribution in [-0.2, 0) is 6.54 Å². The summed E-state index contributed by atoms with van der Waals surface area (Å²) in [6.45, 7) is 0.989. The van der Waals surface area contributed by atoms with Crippen LogP contribution in [-0.4, -0.2) is 22.7 Å². The Morgan fingerprint density at radius 2 is 2.00 bits per heavy atom. The van der Waals surface area contributed by atoms with E-state index in [0.29, 0.717) is 6.04 Å². The molecule has 1 aromatic heterocycles. The molecule has 0 aliphatic heterocycles. The Morgan fingerprint density at radius 3 is 2.65 bits per heavy atom. The molecule has 23 heavy (non-hydrogen) atoms. The summed E-state index contributed by atoms with van der Waals surface area (Å²) >= 11 is 1.68. The standard InChI is InChI=1S/C17H18N2O3S/c20-11-12-1-4-14(9-12)18-10-16-7-8-17(23-16)13-2-5-15(6-3-13)19(21)22/h1-8,12,14,18,20H,9-11H2/t12-,14+/m0/s1. The van der Waals surface area contributed by atoms with Crippen molar-refractivity contribution in [2.75, 3.05) is 6.61 Å². The van der Waals surface area contributed by atoms with Gasteiger partial charge in [0.05, 0.1) is 4.92 Å². The third kappa shape index (κ3) is 3.85. The van der Waals surface area contributed by atoms with Crippen molar-refractivity contribution in [3.63, 3.8) is 0 Å². The average Bonchev–Trinajstić information content (AvgIpc) is 3.22. The predicted molar refractivity (Wildman–Crippen MR) is 91.4 cm³/mol. The van der Waals surface area contributed by atoms with Crippen molar-refractivity contribution in [1.29, 1.82) is 0 Å². The molecule has 1 aliphatic carbocycles. The first-order valence-electron chi connectivity index (χ1n) is 7.52. The number of rotatable bonds is 6. The molecule has 120 valence electrons. The number of aliphatic hydroxyl groups excluding tert-OH is 1. The van der Waals surface area contributed by atoms with E-state index in [1.54, 1.807) is 23.5 Å². The number of hydrogen-bond donors (Lipinski definition) is 2. The molecule has 0 unspecified atom stereocenters. The van der Waals surface area contributed by atoms with Crippen LogP contribution in [0.15, 0.2) is 48.6 Å². The molecule has 0 amide bonds. The van der Waals surface area contributed by atoms with E-state index < -0.39 is 0 Å². The monoisotopic (exact) mass is 330 g/mol. The average molecular weight is 330 g/mol. The smallest absolute Gasteiger partial charge is 0.269 e. The van der Waals surface area contributed by atoms with Gasteiger partial charge in [-0.05, 0) is 36.2 Å². The second-order valence-corrected chi connectivity index (χ2v) is 6.79. The summed E-state index contributed by atoms with van der Waals surface area (Å²) in [6.07, 6.45) is 5.12. The van der Waals surface area contributed by atoms with E-state index in [9.17, 15) is 10.1 Å². The van der Waals surface area contributed by atoms with Gasteiger partial charge in [-0.25, -0.2) is 0 Å². The molecule has 0 saturated heterocycles. The van der Waals surface area contributed by atoms with E-state index in [2.05, 4.69) is 23.5 Å². The quantitative estimate of drug-likeness (QED) is 0.484. The molecule has 0 spiro atoms. The van der Waals surface area contributed by atoms with Gasteiger partial charge in [0.15, 0.2) is 0 Å². The van der Waals surface area contributed by atoms with E-state index in [1.807, 2.05) is 6.07 Å². The van der Waals surface area contributed by atoms with Crippen LogP contribution in [0, 0.1) is 16.0 Å². The molecule has 0 saturated carbocycles. The second kappa shape index (κ2) is 7.04. The van der Waals surface area contributed by atoms with Gasteiger partial charge in [-0.2, -0.15) is 0 Å². The van der Waals surface area contributed by atoms with E-state index in [1.165, 1.54) is 17.0 Å². The highest BCUT2D eigenvalue weighted by atomic mass is 32.1. The fraction of sp³-hybridized carbons (Fsp3) is 0.294. The van der Waals surface area contributed by atoms with Gasteiger partial charge in [0.25, 0.3) is 5.69 Å². The first-order chi connectivity index (χ1) is 11.2. The molecule has 5 nitrogen and oxygen atoms in total. The van der Waals surface area contributed by atoms with E-state index in [-0.39, 0.29) is 23.1 Å². The number of nitrogens with zero attached hydrogens (tertiary/aromatic N) is 1. The van der Waals surface area contributed by atoms with Crippen LogP contribution in [0.2, 0.25) is 0 Å². The zero-order valence-corrected chi connectivity index (χ0v) is 13.3. The normalized spacial score (nSPS) is 20.0. The van der Waals surface area contributed by atoms with Crippen LogP contribution in [0.25, 0.3) is 10.4 Å². The van der Waals surface area contributed by atoms with E-state index in [0.717, 1.165) is 23.4 Å². The Kier molecular flexibility index (Phi) is 4.85. The van der Waals surface area contributed by atoms with Crippen LogP contribution in [0.1, 0.15) is 11.3 Å². The lowest BCUT2D eigenvalue weighted by Crippen LogP contribution is -2.25. The summed E-state index contributed by atoms with van der Waals surface area (Å²) in [5, 5.41) is 23.3. The lowest BCUT2D eigenvalue weighted by molar-refractivity contribution is -0.384. The van der Waals surface area contributed by atoms with Crippen molar-refractivity contribution in [3.8, 4) is 10.4 Å². The Balaban J connectivity index is 1.60. The molecule has 1 heterocycles. The summed E-state index contributed by atoms with van der Waals surface area (Å²) in [5.74, 6) is 0.270. The van der Waals surface area contributed by atoms with Crippen LogP contribution in [0.5, 0.6) is 0 Å². The van der Waals surface area contributed by atoms with Crippen molar-refractivity contribution >= 4 is 17.0 Å². The zero-order valence-electron chi connectivity index (χ0n) is 12.5. The summed E-state index contributed by atoms with van der Waals surface area (Å²) in [6, 6.07) is 11.1. The van der Waals surface area contributed by atoms with Gasteiger partial charge in [-0.1, -0.05) is 12.2 Å². The fourth-order valence-corrected chi connectivity index (χ4v) is 3.63. The number of benzene rings is 1. The number of non-ortho nitro benzene ring substituents is 1.